The first-order chi connectivity index (χ1) is 13.3. The van der Waals surface area contributed by atoms with Crippen LogP contribution in [-0.2, 0) is 6.42 Å². The molecule has 0 atom stereocenters. The SMILES string of the molecule is O=C1CCc2c1cccc2-c1oc(C2CCNCC2)cc1-c1ccncc1. The van der Waals surface area contributed by atoms with E-state index in [9.17, 15) is 4.79 Å². The number of piperidine rings is 1. The molecular weight excluding hydrogens is 336 g/mol. The molecule has 0 unspecified atom stereocenters. The van der Waals surface area contributed by atoms with Crippen molar-refractivity contribution in [2.24, 2.45) is 0 Å². The van der Waals surface area contributed by atoms with Gasteiger partial charge in [0.1, 0.15) is 11.5 Å². The Balaban J connectivity index is 1.67. The topological polar surface area (TPSA) is 55.1 Å². The van der Waals surface area contributed by atoms with Crippen LogP contribution in [0.2, 0.25) is 0 Å². The molecule has 1 aliphatic heterocycles. The van der Waals surface area contributed by atoms with Gasteiger partial charge >= 0.3 is 0 Å². The Morgan fingerprint density at radius 3 is 2.56 bits per heavy atom. The fraction of sp³-hybridized carbons (Fsp3) is 0.304. The van der Waals surface area contributed by atoms with Gasteiger partial charge in [-0.3, -0.25) is 9.78 Å². The average Bonchev–Trinajstić information content (AvgIpc) is 3.34. The van der Waals surface area contributed by atoms with Crippen molar-refractivity contribution in [1.29, 1.82) is 0 Å². The zero-order valence-corrected chi connectivity index (χ0v) is 15.2. The van der Waals surface area contributed by atoms with E-state index in [2.05, 4.69) is 22.4 Å². The third kappa shape index (κ3) is 2.90. The van der Waals surface area contributed by atoms with Gasteiger partial charge in [0.05, 0.1) is 0 Å². The molecule has 0 bridgehead atoms. The van der Waals surface area contributed by atoms with E-state index in [1.54, 1.807) is 0 Å². The van der Waals surface area contributed by atoms with E-state index in [4.69, 9.17) is 4.42 Å². The van der Waals surface area contributed by atoms with Crippen LogP contribution in [0, 0.1) is 0 Å². The van der Waals surface area contributed by atoms with Gasteiger partial charge in [-0.1, -0.05) is 18.2 Å². The zero-order chi connectivity index (χ0) is 18.2. The second-order valence-electron chi connectivity index (χ2n) is 7.41. The van der Waals surface area contributed by atoms with Crippen LogP contribution in [0.25, 0.3) is 22.5 Å². The number of benzene rings is 1. The van der Waals surface area contributed by atoms with Gasteiger partial charge in [-0.05, 0) is 61.7 Å². The van der Waals surface area contributed by atoms with Crippen LogP contribution in [0.4, 0.5) is 0 Å². The highest BCUT2D eigenvalue weighted by Gasteiger charge is 2.27. The van der Waals surface area contributed by atoms with Crippen LogP contribution < -0.4 is 5.32 Å². The Morgan fingerprint density at radius 1 is 0.963 bits per heavy atom. The van der Waals surface area contributed by atoms with Crippen molar-refractivity contribution in [2.45, 2.75) is 31.6 Å². The van der Waals surface area contributed by atoms with Gasteiger partial charge in [0.15, 0.2) is 5.78 Å². The average molecular weight is 358 g/mol. The number of carbonyl (C=O) groups excluding carboxylic acids is 1. The number of rotatable bonds is 3. The summed E-state index contributed by atoms with van der Waals surface area (Å²) in [5, 5.41) is 3.42. The molecule has 0 saturated carbocycles. The molecule has 2 aromatic heterocycles. The van der Waals surface area contributed by atoms with Crippen LogP contribution >= 0.6 is 0 Å². The van der Waals surface area contributed by atoms with Crippen LogP contribution in [0.15, 0.2) is 53.2 Å². The molecule has 0 radical (unpaired) electrons. The largest absolute Gasteiger partial charge is 0.460 e. The minimum atomic E-state index is 0.238. The van der Waals surface area contributed by atoms with E-state index in [-0.39, 0.29) is 5.78 Å². The lowest BCUT2D eigenvalue weighted by Gasteiger charge is -2.20. The van der Waals surface area contributed by atoms with Crippen LogP contribution in [0.1, 0.15) is 46.9 Å². The second-order valence-corrected chi connectivity index (χ2v) is 7.41. The molecule has 1 aliphatic carbocycles. The van der Waals surface area contributed by atoms with Crippen molar-refractivity contribution >= 4 is 5.78 Å². The summed E-state index contributed by atoms with van der Waals surface area (Å²) in [7, 11) is 0. The lowest BCUT2D eigenvalue weighted by Crippen LogP contribution is -2.26. The van der Waals surface area contributed by atoms with E-state index in [0.29, 0.717) is 12.3 Å². The first kappa shape index (κ1) is 16.5. The van der Waals surface area contributed by atoms with Gasteiger partial charge in [0.2, 0.25) is 0 Å². The summed E-state index contributed by atoms with van der Waals surface area (Å²) in [4.78, 5) is 16.4. The summed E-state index contributed by atoms with van der Waals surface area (Å²) in [5.41, 5.74) is 5.24. The minimum Gasteiger partial charge on any atom is -0.460 e. The Labute approximate surface area is 158 Å². The molecule has 0 spiro atoms. The van der Waals surface area contributed by atoms with Crippen LogP contribution in [0.3, 0.4) is 0 Å². The van der Waals surface area contributed by atoms with E-state index >= 15 is 0 Å². The van der Waals surface area contributed by atoms with Crippen molar-refractivity contribution in [3.8, 4) is 22.5 Å². The number of ketones is 1. The van der Waals surface area contributed by atoms with E-state index in [1.807, 2.05) is 36.7 Å². The molecule has 27 heavy (non-hydrogen) atoms. The zero-order valence-electron chi connectivity index (χ0n) is 15.2. The summed E-state index contributed by atoms with van der Waals surface area (Å²) < 4.78 is 6.50. The number of carbonyl (C=O) groups is 1. The number of fused-ring (bicyclic) bond motifs is 1. The molecule has 136 valence electrons. The molecule has 1 aromatic carbocycles. The van der Waals surface area contributed by atoms with E-state index in [0.717, 1.165) is 71.7 Å². The molecule has 4 nitrogen and oxygen atoms in total. The van der Waals surface area contributed by atoms with Crippen molar-refractivity contribution in [1.82, 2.24) is 10.3 Å². The molecule has 5 rings (SSSR count). The number of Topliss-reactive ketones (excluding diaryl/α,β-unsaturated/α-hetero) is 1. The Bertz CT molecular complexity index is 985. The summed E-state index contributed by atoms with van der Waals surface area (Å²) in [6.07, 6.45) is 7.20. The molecule has 2 aliphatic rings. The standard InChI is InChI=1S/C23H22N2O2/c26-21-5-4-17-18(21)2-1-3-19(17)23-20(15-6-10-24-11-7-15)14-22(27-23)16-8-12-25-13-9-16/h1-3,6-7,10-11,14,16,25H,4-5,8-9,12-13H2. The van der Waals surface area contributed by atoms with E-state index in [1.165, 1.54) is 0 Å². The van der Waals surface area contributed by atoms with Crippen molar-refractivity contribution in [3.05, 3.63) is 65.7 Å². The minimum absolute atomic E-state index is 0.238. The maximum Gasteiger partial charge on any atom is 0.163 e. The number of pyridine rings is 1. The van der Waals surface area contributed by atoms with Gasteiger partial charge in [-0.15, -0.1) is 0 Å². The number of hydrogen-bond donors (Lipinski definition) is 1. The highest BCUT2D eigenvalue weighted by molar-refractivity contribution is 6.02. The number of nitrogens with one attached hydrogen (secondary N) is 1. The first-order valence-electron chi connectivity index (χ1n) is 9.71. The lowest BCUT2D eigenvalue weighted by atomic mass is 9.93. The predicted octanol–water partition coefficient (Wildman–Crippen LogP) is 4.60. The lowest BCUT2D eigenvalue weighted by molar-refractivity contribution is 0.0994. The number of aromatic nitrogens is 1. The number of furan rings is 1. The maximum atomic E-state index is 12.2. The van der Waals surface area contributed by atoms with Gasteiger partial charge in [-0.25, -0.2) is 0 Å². The van der Waals surface area contributed by atoms with Gasteiger partial charge in [0.25, 0.3) is 0 Å². The predicted molar refractivity (Wildman–Crippen MR) is 105 cm³/mol. The summed E-state index contributed by atoms with van der Waals surface area (Å²) >= 11 is 0. The molecule has 1 saturated heterocycles. The molecule has 3 heterocycles. The normalized spacial score (nSPS) is 17.3. The van der Waals surface area contributed by atoms with Crippen molar-refractivity contribution in [3.63, 3.8) is 0 Å². The molecule has 0 amide bonds. The van der Waals surface area contributed by atoms with E-state index < -0.39 is 0 Å². The summed E-state index contributed by atoms with van der Waals surface area (Å²) in [6, 6.07) is 12.3. The Kier molecular flexibility index (Phi) is 4.13. The fourth-order valence-electron chi connectivity index (χ4n) is 4.37. The highest BCUT2D eigenvalue weighted by Crippen LogP contribution is 2.42. The first-order valence-corrected chi connectivity index (χ1v) is 9.71. The number of hydrogen-bond acceptors (Lipinski definition) is 4. The van der Waals surface area contributed by atoms with Gasteiger partial charge < -0.3 is 9.73 Å². The highest BCUT2D eigenvalue weighted by atomic mass is 16.3. The monoisotopic (exact) mass is 358 g/mol. The van der Waals surface area contributed by atoms with Crippen molar-refractivity contribution < 1.29 is 9.21 Å². The maximum absolute atomic E-state index is 12.2. The third-order valence-corrected chi connectivity index (χ3v) is 5.81. The summed E-state index contributed by atoms with van der Waals surface area (Å²) in [5.74, 6) is 2.63. The van der Waals surface area contributed by atoms with Gasteiger partial charge in [0, 0.05) is 41.4 Å². The number of nitrogens with zero attached hydrogens (tertiary/aromatic N) is 1. The molecule has 1 fully saturated rings. The second kappa shape index (κ2) is 6.78. The quantitative estimate of drug-likeness (QED) is 0.743. The summed E-state index contributed by atoms with van der Waals surface area (Å²) in [6.45, 7) is 2.06. The van der Waals surface area contributed by atoms with Crippen LogP contribution in [-0.4, -0.2) is 23.9 Å². The van der Waals surface area contributed by atoms with Crippen LogP contribution in [0.5, 0.6) is 0 Å². The van der Waals surface area contributed by atoms with Gasteiger partial charge in [-0.2, -0.15) is 0 Å². The molecule has 4 heteroatoms. The van der Waals surface area contributed by atoms with Crippen molar-refractivity contribution in [2.75, 3.05) is 13.1 Å². The molecular formula is C23H22N2O2. The molecule has 1 N–H and O–H groups in total. The third-order valence-electron chi connectivity index (χ3n) is 5.81. The fourth-order valence-corrected chi connectivity index (χ4v) is 4.37. The molecule has 3 aromatic rings. The Morgan fingerprint density at radius 2 is 1.74 bits per heavy atom. The Hall–Kier alpha value is -2.72. The smallest absolute Gasteiger partial charge is 0.163 e.